The van der Waals surface area contributed by atoms with Crippen LogP contribution in [0.15, 0.2) is 10.9 Å². The summed E-state index contributed by atoms with van der Waals surface area (Å²) in [5, 5.41) is 13.9. The van der Waals surface area contributed by atoms with Crippen LogP contribution in [0, 0.1) is 0 Å². The molecule has 9 heteroatoms. The minimum absolute atomic E-state index is 0.0150. The summed E-state index contributed by atoms with van der Waals surface area (Å²) in [4.78, 5) is 19.8. The van der Waals surface area contributed by atoms with E-state index in [4.69, 9.17) is 9.47 Å². The van der Waals surface area contributed by atoms with Crippen molar-refractivity contribution in [3.05, 3.63) is 16.8 Å². The van der Waals surface area contributed by atoms with E-state index in [9.17, 15) is 9.90 Å². The number of aromatic hydroxyl groups is 1. The Kier molecular flexibility index (Phi) is 4.25. The van der Waals surface area contributed by atoms with Crippen molar-refractivity contribution >= 4 is 27.4 Å². The van der Waals surface area contributed by atoms with Crippen molar-refractivity contribution in [1.29, 1.82) is 0 Å². The Morgan fingerprint density at radius 3 is 3.09 bits per heavy atom. The summed E-state index contributed by atoms with van der Waals surface area (Å²) in [6.07, 6.45) is 2.03. The molecule has 1 saturated heterocycles. The van der Waals surface area contributed by atoms with Gasteiger partial charge in [-0.25, -0.2) is 14.3 Å². The van der Waals surface area contributed by atoms with Gasteiger partial charge in [-0.1, -0.05) is 0 Å². The number of carbonyl (C=O) groups is 1. The van der Waals surface area contributed by atoms with Crippen molar-refractivity contribution in [3.8, 4) is 5.88 Å². The van der Waals surface area contributed by atoms with Crippen LogP contribution in [0.4, 0.5) is 0 Å². The molecular weight excluding hydrogens is 356 g/mol. The smallest absolute Gasteiger partial charge is 0.335 e. The number of ether oxygens (including phenoxy) is 2. The molecule has 0 saturated carbocycles. The molecule has 2 aromatic rings. The SMILES string of the molecule is CCOC(=O)C1CCC(c2nc(Br)c3c(O)ncnn23)CO1. The molecule has 1 fully saturated rings. The lowest BCUT2D eigenvalue weighted by atomic mass is 9.98. The molecule has 22 heavy (non-hydrogen) atoms. The lowest BCUT2D eigenvalue weighted by molar-refractivity contribution is -0.160. The minimum Gasteiger partial charge on any atom is -0.492 e. The van der Waals surface area contributed by atoms with E-state index in [1.165, 1.54) is 6.33 Å². The van der Waals surface area contributed by atoms with Gasteiger partial charge in [0.25, 0.3) is 0 Å². The molecule has 2 aromatic heterocycles. The monoisotopic (exact) mass is 370 g/mol. The average molecular weight is 371 g/mol. The van der Waals surface area contributed by atoms with E-state index in [1.54, 1.807) is 11.4 Å². The number of imidazole rings is 1. The molecule has 0 radical (unpaired) electrons. The molecule has 8 nitrogen and oxygen atoms in total. The number of rotatable bonds is 3. The molecule has 1 N–H and O–H groups in total. The summed E-state index contributed by atoms with van der Waals surface area (Å²) in [7, 11) is 0. The maximum Gasteiger partial charge on any atom is 0.335 e. The van der Waals surface area contributed by atoms with E-state index >= 15 is 0 Å². The number of fused-ring (bicyclic) bond motifs is 1. The molecule has 2 atom stereocenters. The normalized spacial score (nSPS) is 21.9. The molecule has 118 valence electrons. The quantitative estimate of drug-likeness (QED) is 0.815. The van der Waals surface area contributed by atoms with Gasteiger partial charge < -0.3 is 14.6 Å². The summed E-state index contributed by atoms with van der Waals surface area (Å²) in [6, 6.07) is 0. The summed E-state index contributed by atoms with van der Waals surface area (Å²) in [6.45, 7) is 2.46. The first-order valence-electron chi connectivity index (χ1n) is 6.98. The molecule has 2 unspecified atom stereocenters. The van der Waals surface area contributed by atoms with Gasteiger partial charge in [-0.15, -0.1) is 0 Å². The Balaban J connectivity index is 1.80. The van der Waals surface area contributed by atoms with E-state index in [2.05, 4.69) is 31.0 Å². The third kappa shape index (κ3) is 2.66. The van der Waals surface area contributed by atoms with Gasteiger partial charge >= 0.3 is 5.97 Å². The predicted molar refractivity (Wildman–Crippen MR) is 78.5 cm³/mol. The van der Waals surface area contributed by atoms with Crippen molar-refractivity contribution in [3.63, 3.8) is 0 Å². The molecule has 0 amide bonds. The first-order valence-corrected chi connectivity index (χ1v) is 7.77. The number of halogens is 1. The Hall–Kier alpha value is -1.74. The van der Waals surface area contributed by atoms with Crippen molar-refractivity contribution in [1.82, 2.24) is 19.6 Å². The second-order valence-electron chi connectivity index (χ2n) is 4.95. The van der Waals surface area contributed by atoms with Crippen LogP contribution >= 0.6 is 15.9 Å². The molecule has 0 aromatic carbocycles. The van der Waals surface area contributed by atoms with E-state index in [1.807, 2.05) is 0 Å². The van der Waals surface area contributed by atoms with Crippen molar-refractivity contribution < 1.29 is 19.4 Å². The highest BCUT2D eigenvalue weighted by atomic mass is 79.9. The molecule has 0 aliphatic carbocycles. The van der Waals surface area contributed by atoms with Gasteiger partial charge in [0.2, 0.25) is 5.88 Å². The molecule has 0 bridgehead atoms. The number of carbonyl (C=O) groups excluding carboxylic acids is 1. The van der Waals surface area contributed by atoms with Crippen LogP contribution in [0.1, 0.15) is 31.5 Å². The van der Waals surface area contributed by atoms with Crippen LogP contribution in [-0.2, 0) is 14.3 Å². The number of hydrogen-bond donors (Lipinski definition) is 1. The fourth-order valence-corrected chi connectivity index (χ4v) is 3.07. The molecule has 1 aliphatic heterocycles. The number of esters is 1. The van der Waals surface area contributed by atoms with Crippen LogP contribution in [0.5, 0.6) is 5.88 Å². The Morgan fingerprint density at radius 1 is 1.59 bits per heavy atom. The minimum atomic E-state index is -0.520. The second-order valence-corrected chi connectivity index (χ2v) is 5.70. The van der Waals surface area contributed by atoms with Crippen LogP contribution in [0.3, 0.4) is 0 Å². The second kappa shape index (κ2) is 6.17. The van der Waals surface area contributed by atoms with Gasteiger partial charge in [-0.2, -0.15) is 10.1 Å². The van der Waals surface area contributed by atoms with Crippen molar-refractivity contribution in [2.24, 2.45) is 0 Å². The maximum atomic E-state index is 11.7. The fraction of sp³-hybridized carbons (Fsp3) is 0.538. The van der Waals surface area contributed by atoms with E-state index in [0.29, 0.717) is 35.6 Å². The molecular formula is C13H15BrN4O4. The topological polar surface area (TPSA) is 98.8 Å². The molecule has 0 spiro atoms. The van der Waals surface area contributed by atoms with Crippen LogP contribution in [-0.4, -0.2) is 50.0 Å². The highest BCUT2D eigenvalue weighted by Crippen LogP contribution is 2.32. The largest absolute Gasteiger partial charge is 0.492 e. The van der Waals surface area contributed by atoms with Gasteiger partial charge in [0.15, 0.2) is 11.6 Å². The summed E-state index contributed by atoms with van der Waals surface area (Å²) >= 11 is 3.30. The van der Waals surface area contributed by atoms with E-state index in [-0.39, 0.29) is 17.8 Å². The molecule has 3 heterocycles. The zero-order valence-corrected chi connectivity index (χ0v) is 13.5. The number of aromatic nitrogens is 4. The third-order valence-corrected chi connectivity index (χ3v) is 4.14. The van der Waals surface area contributed by atoms with Gasteiger partial charge in [0.1, 0.15) is 16.8 Å². The van der Waals surface area contributed by atoms with Crippen molar-refractivity contribution in [2.75, 3.05) is 13.2 Å². The zero-order chi connectivity index (χ0) is 15.7. The first-order chi connectivity index (χ1) is 10.6. The summed E-state index contributed by atoms with van der Waals surface area (Å²) in [5.74, 6) is 0.192. The number of hydrogen-bond acceptors (Lipinski definition) is 7. The van der Waals surface area contributed by atoms with E-state index in [0.717, 1.165) is 6.42 Å². The van der Waals surface area contributed by atoms with Crippen LogP contribution in [0.2, 0.25) is 0 Å². The van der Waals surface area contributed by atoms with Gasteiger partial charge in [-0.05, 0) is 35.7 Å². The lowest BCUT2D eigenvalue weighted by Gasteiger charge is -2.26. The standard InChI is InChI=1S/C13H15BrN4O4/c1-2-21-13(20)8-4-3-7(5-22-8)11-17-10(14)9-12(19)15-6-16-18(9)11/h6-8H,2-5H2,1H3,(H,15,16,19). The van der Waals surface area contributed by atoms with Crippen LogP contribution < -0.4 is 0 Å². The first kappa shape index (κ1) is 15.2. The predicted octanol–water partition coefficient (Wildman–Crippen LogP) is 1.42. The Labute approximate surface area is 134 Å². The molecule has 3 rings (SSSR count). The van der Waals surface area contributed by atoms with Gasteiger partial charge in [0, 0.05) is 5.92 Å². The lowest BCUT2D eigenvalue weighted by Crippen LogP contribution is -2.33. The van der Waals surface area contributed by atoms with E-state index < -0.39 is 6.10 Å². The Bertz CT molecular complexity index is 697. The van der Waals surface area contributed by atoms with Crippen LogP contribution in [0.25, 0.3) is 5.52 Å². The third-order valence-electron chi connectivity index (χ3n) is 3.59. The average Bonchev–Trinajstić information content (AvgIpc) is 2.86. The Morgan fingerprint density at radius 2 is 2.41 bits per heavy atom. The summed E-state index contributed by atoms with van der Waals surface area (Å²) in [5.41, 5.74) is 0.421. The zero-order valence-electron chi connectivity index (χ0n) is 11.9. The summed E-state index contributed by atoms with van der Waals surface area (Å²) < 4.78 is 12.6. The molecule has 1 aliphatic rings. The number of nitrogens with zero attached hydrogens (tertiary/aromatic N) is 4. The highest BCUT2D eigenvalue weighted by Gasteiger charge is 2.32. The van der Waals surface area contributed by atoms with Gasteiger partial charge in [-0.3, -0.25) is 0 Å². The highest BCUT2D eigenvalue weighted by molar-refractivity contribution is 9.10. The maximum absolute atomic E-state index is 11.7. The van der Waals surface area contributed by atoms with Crippen molar-refractivity contribution in [2.45, 2.75) is 31.8 Å². The van der Waals surface area contributed by atoms with Gasteiger partial charge in [0.05, 0.1) is 13.2 Å². The fourth-order valence-electron chi connectivity index (χ4n) is 2.54.